The number of nitrogens with zero attached hydrogens (tertiary/aromatic N) is 1. The van der Waals surface area contributed by atoms with Crippen LogP contribution in [0.4, 0.5) is 20.1 Å². The van der Waals surface area contributed by atoms with Crippen LogP contribution >= 0.6 is 0 Å². The number of para-hydroxylation sites is 1. The Kier molecular flexibility index (Phi) is 3.71. The highest BCUT2D eigenvalue weighted by molar-refractivity contribution is 7.86. The summed E-state index contributed by atoms with van der Waals surface area (Å²) < 4.78 is 34.2. The summed E-state index contributed by atoms with van der Waals surface area (Å²) in [5.74, 6) is 0. The Morgan fingerprint density at radius 2 is 1.45 bits per heavy atom. The molecule has 5 nitrogen and oxygen atoms in total. The molecule has 0 spiro atoms. The Hall–Kier alpha value is -2.41. The van der Waals surface area contributed by atoms with Crippen LogP contribution in [0.25, 0.3) is 0 Å². The minimum Gasteiger partial charge on any atom is -0.529 e. The Morgan fingerprint density at radius 3 is 1.90 bits per heavy atom. The van der Waals surface area contributed by atoms with Crippen molar-refractivity contribution in [3.05, 3.63) is 54.6 Å². The van der Waals surface area contributed by atoms with Crippen molar-refractivity contribution in [2.45, 2.75) is 4.90 Å². The molecule has 0 N–H and O–H groups in total. The summed E-state index contributed by atoms with van der Waals surface area (Å²) >= 11 is 0. The van der Waals surface area contributed by atoms with Gasteiger partial charge in [0.15, 0.2) is 0 Å². The van der Waals surface area contributed by atoms with E-state index in [1.807, 2.05) is 0 Å². The molecule has 20 heavy (non-hydrogen) atoms. The molecule has 2 rings (SSSR count). The fourth-order valence-electron chi connectivity index (χ4n) is 1.69. The number of hydrogen-bond acceptors (Lipinski definition) is 4. The molecule has 0 radical (unpaired) electrons. The summed E-state index contributed by atoms with van der Waals surface area (Å²) in [5, 5.41) is 11.2. The van der Waals surface area contributed by atoms with Crippen molar-refractivity contribution in [3.8, 4) is 0 Å². The topological polar surface area (TPSA) is 77.5 Å². The standard InChI is InChI=1S/C13H10FNO4S/c14-20(18,19)12-8-6-11(7-9-12)15(13(16)17)10-4-2-1-3-5-10/h1-9H,(H,16,17)/p-1. The van der Waals surface area contributed by atoms with Gasteiger partial charge < -0.3 is 9.90 Å². The monoisotopic (exact) mass is 294 g/mol. The highest BCUT2D eigenvalue weighted by Crippen LogP contribution is 2.26. The first kappa shape index (κ1) is 14.0. The number of benzene rings is 2. The van der Waals surface area contributed by atoms with Crippen molar-refractivity contribution in [3.63, 3.8) is 0 Å². The maximum atomic E-state index is 12.8. The van der Waals surface area contributed by atoms with Crippen LogP contribution in [0.2, 0.25) is 0 Å². The van der Waals surface area contributed by atoms with Crippen molar-refractivity contribution in [2.24, 2.45) is 0 Å². The molecular weight excluding hydrogens is 285 g/mol. The predicted molar refractivity (Wildman–Crippen MR) is 68.7 cm³/mol. The third-order valence-corrected chi connectivity index (χ3v) is 3.41. The summed E-state index contributed by atoms with van der Waals surface area (Å²) in [5.41, 5.74) is 0.493. The van der Waals surface area contributed by atoms with Gasteiger partial charge in [-0.05, 0) is 36.4 Å². The van der Waals surface area contributed by atoms with Gasteiger partial charge in [-0.3, -0.25) is 4.90 Å². The summed E-state index contributed by atoms with van der Waals surface area (Å²) in [7, 11) is -4.81. The van der Waals surface area contributed by atoms with Gasteiger partial charge in [-0.1, -0.05) is 18.2 Å². The smallest absolute Gasteiger partial charge is 0.332 e. The molecule has 0 saturated carbocycles. The van der Waals surface area contributed by atoms with Gasteiger partial charge in [0.05, 0.1) is 4.90 Å². The number of amides is 1. The van der Waals surface area contributed by atoms with Crippen molar-refractivity contribution >= 4 is 27.7 Å². The number of carbonyl (C=O) groups excluding carboxylic acids is 1. The maximum absolute atomic E-state index is 12.8. The number of anilines is 2. The molecule has 0 unspecified atom stereocenters. The molecule has 1 amide bonds. The van der Waals surface area contributed by atoms with Crippen LogP contribution in [-0.2, 0) is 10.2 Å². The molecule has 0 bridgehead atoms. The first-order valence-corrected chi connectivity index (χ1v) is 6.89. The van der Waals surface area contributed by atoms with Crippen LogP contribution in [0.5, 0.6) is 0 Å². The van der Waals surface area contributed by atoms with Gasteiger partial charge in [0.25, 0.3) is 0 Å². The summed E-state index contributed by atoms with van der Waals surface area (Å²) in [6.45, 7) is 0. The Morgan fingerprint density at radius 1 is 0.950 bits per heavy atom. The Labute approximate surface area is 115 Å². The number of carboxylic acid groups (broad SMARTS) is 1. The van der Waals surface area contributed by atoms with Crippen LogP contribution in [0, 0.1) is 0 Å². The molecule has 0 aliphatic rings. The maximum Gasteiger partial charge on any atom is 0.332 e. The quantitative estimate of drug-likeness (QED) is 0.809. The highest BCUT2D eigenvalue weighted by atomic mass is 32.3. The summed E-state index contributed by atoms with van der Waals surface area (Å²) in [6.07, 6.45) is -1.48. The third-order valence-electron chi connectivity index (χ3n) is 2.57. The zero-order chi connectivity index (χ0) is 14.8. The van der Waals surface area contributed by atoms with Crippen LogP contribution in [0.3, 0.4) is 0 Å². The fourth-order valence-corrected chi connectivity index (χ4v) is 2.16. The second-order valence-electron chi connectivity index (χ2n) is 3.87. The molecule has 2 aromatic carbocycles. The molecule has 0 atom stereocenters. The Bertz CT molecular complexity index is 714. The van der Waals surface area contributed by atoms with Gasteiger partial charge in [0.1, 0.15) is 6.09 Å². The van der Waals surface area contributed by atoms with E-state index in [4.69, 9.17) is 0 Å². The van der Waals surface area contributed by atoms with Crippen molar-refractivity contribution in [2.75, 3.05) is 4.90 Å². The average molecular weight is 294 g/mol. The second-order valence-corrected chi connectivity index (χ2v) is 5.22. The van der Waals surface area contributed by atoms with Crippen LogP contribution in [0.15, 0.2) is 59.5 Å². The van der Waals surface area contributed by atoms with Crippen LogP contribution in [0.1, 0.15) is 0 Å². The van der Waals surface area contributed by atoms with E-state index in [0.29, 0.717) is 5.69 Å². The zero-order valence-corrected chi connectivity index (χ0v) is 10.9. The average Bonchev–Trinajstić information content (AvgIpc) is 2.39. The van der Waals surface area contributed by atoms with Crippen molar-refractivity contribution in [1.82, 2.24) is 0 Å². The van der Waals surface area contributed by atoms with E-state index in [1.54, 1.807) is 30.3 Å². The highest BCUT2D eigenvalue weighted by Gasteiger charge is 2.14. The van der Waals surface area contributed by atoms with E-state index < -0.39 is 21.2 Å². The minimum atomic E-state index is -4.81. The lowest BCUT2D eigenvalue weighted by Crippen LogP contribution is -2.37. The van der Waals surface area contributed by atoms with E-state index in [0.717, 1.165) is 17.0 Å². The molecule has 7 heteroatoms. The van der Waals surface area contributed by atoms with Gasteiger partial charge in [0.2, 0.25) is 0 Å². The van der Waals surface area contributed by atoms with Gasteiger partial charge in [0, 0.05) is 11.4 Å². The predicted octanol–water partition coefficient (Wildman–Crippen LogP) is 1.83. The summed E-state index contributed by atoms with van der Waals surface area (Å²) in [4.78, 5) is 11.5. The van der Waals surface area contributed by atoms with Crippen LogP contribution < -0.4 is 10.0 Å². The van der Waals surface area contributed by atoms with Crippen LogP contribution in [-0.4, -0.2) is 14.5 Å². The molecule has 0 aromatic heterocycles. The SMILES string of the molecule is O=C([O-])N(c1ccccc1)c1ccc(S(=O)(=O)F)cc1. The Balaban J connectivity index is 2.44. The molecule has 0 aliphatic carbocycles. The summed E-state index contributed by atoms with van der Waals surface area (Å²) in [6, 6.07) is 12.5. The van der Waals surface area contributed by atoms with E-state index in [1.165, 1.54) is 12.1 Å². The van der Waals surface area contributed by atoms with E-state index >= 15 is 0 Å². The number of halogens is 1. The van der Waals surface area contributed by atoms with Gasteiger partial charge in [-0.15, -0.1) is 3.89 Å². The normalized spacial score (nSPS) is 11.1. The molecule has 104 valence electrons. The largest absolute Gasteiger partial charge is 0.529 e. The first-order valence-electron chi connectivity index (χ1n) is 5.50. The molecule has 0 saturated heterocycles. The molecule has 2 aromatic rings. The molecule has 0 aliphatic heterocycles. The van der Waals surface area contributed by atoms with Gasteiger partial charge in [-0.2, -0.15) is 8.42 Å². The fraction of sp³-hybridized carbons (Fsp3) is 0. The van der Waals surface area contributed by atoms with Gasteiger partial charge >= 0.3 is 10.2 Å². The lowest BCUT2D eigenvalue weighted by atomic mass is 10.2. The number of carbonyl (C=O) groups is 1. The number of rotatable bonds is 3. The second kappa shape index (κ2) is 5.30. The number of hydrogen-bond donors (Lipinski definition) is 0. The minimum absolute atomic E-state index is 0.156. The third kappa shape index (κ3) is 2.94. The van der Waals surface area contributed by atoms with E-state index in [9.17, 15) is 22.2 Å². The van der Waals surface area contributed by atoms with E-state index in [-0.39, 0.29) is 5.69 Å². The van der Waals surface area contributed by atoms with Gasteiger partial charge in [-0.25, -0.2) is 0 Å². The lowest BCUT2D eigenvalue weighted by Gasteiger charge is -2.25. The lowest BCUT2D eigenvalue weighted by molar-refractivity contribution is -0.245. The zero-order valence-electron chi connectivity index (χ0n) is 10.1. The molecule has 0 heterocycles. The first-order chi connectivity index (χ1) is 9.39. The molecular formula is C13H9FNO4S-. The van der Waals surface area contributed by atoms with Crippen molar-refractivity contribution in [1.29, 1.82) is 0 Å². The molecule has 0 fully saturated rings. The van der Waals surface area contributed by atoms with E-state index in [2.05, 4.69) is 0 Å². The van der Waals surface area contributed by atoms with Crippen molar-refractivity contribution < 1.29 is 22.2 Å².